The number of aromatic nitrogens is 2. The SMILES string of the molecule is Cc1ccccc1CNCCn1c(C)nc2ccccc21. The van der Waals surface area contributed by atoms with Gasteiger partial charge in [-0.3, -0.25) is 0 Å². The smallest absolute Gasteiger partial charge is 0.106 e. The van der Waals surface area contributed by atoms with Gasteiger partial charge in [-0.05, 0) is 37.1 Å². The summed E-state index contributed by atoms with van der Waals surface area (Å²) in [7, 11) is 0. The Kier molecular flexibility index (Phi) is 4.02. The summed E-state index contributed by atoms with van der Waals surface area (Å²) in [6.45, 7) is 7.03. The molecule has 0 saturated carbocycles. The van der Waals surface area contributed by atoms with Crippen molar-refractivity contribution in [2.75, 3.05) is 6.54 Å². The Hall–Kier alpha value is -2.13. The molecule has 21 heavy (non-hydrogen) atoms. The van der Waals surface area contributed by atoms with E-state index in [2.05, 4.69) is 71.2 Å². The van der Waals surface area contributed by atoms with Crippen molar-refractivity contribution in [2.45, 2.75) is 26.9 Å². The molecule has 0 aliphatic heterocycles. The molecule has 0 fully saturated rings. The van der Waals surface area contributed by atoms with Gasteiger partial charge < -0.3 is 9.88 Å². The van der Waals surface area contributed by atoms with Crippen LogP contribution in [0.15, 0.2) is 48.5 Å². The summed E-state index contributed by atoms with van der Waals surface area (Å²) < 4.78 is 2.28. The number of fused-ring (bicyclic) bond motifs is 1. The Morgan fingerprint density at radius 2 is 1.76 bits per heavy atom. The molecule has 108 valence electrons. The molecule has 0 aliphatic carbocycles. The van der Waals surface area contributed by atoms with Crippen LogP contribution < -0.4 is 5.32 Å². The van der Waals surface area contributed by atoms with E-state index in [0.717, 1.165) is 31.0 Å². The topological polar surface area (TPSA) is 29.9 Å². The molecule has 0 spiro atoms. The van der Waals surface area contributed by atoms with E-state index < -0.39 is 0 Å². The second-order valence-electron chi connectivity index (χ2n) is 5.40. The maximum atomic E-state index is 4.60. The zero-order valence-corrected chi connectivity index (χ0v) is 12.6. The molecule has 0 radical (unpaired) electrons. The molecule has 0 aliphatic rings. The molecule has 3 heteroatoms. The Balaban J connectivity index is 1.62. The summed E-state index contributed by atoms with van der Waals surface area (Å²) in [4.78, 5) is 4.60. The number of imidazole rings is 1. The fourth-order valence-corrected chi connectivity index (χ4v) is 2.70. The third-order valence-electron chi connectivity index (χ3n) is 3.93. The lowest BCUT2D eigenvalue weighted by Crippen LogP contribution is -2.20. The summed E-state index contributed by atoms with van der Waals surface area (Å²) in [5.41, 5.74) is 5.00. The van der Waals surface area contributed by atoms with Crippen molar-refractivity contribution >= 4 is 11.0 Å². The zero-order valence-electron chi connectivity index (χ0n) is 12.6. The van der Waals surface area contributed by atoms with Gasteiger partial charge in [0.15, 0.2) is 0 Å². The van der Waals surface area contributed by atoms with Crippen LogP contribution >= 0.6 is 0 Å². The number of nitrogens with zero attached hydrogens (tertiary/aromatic N) is 2. The molecule has 0 amide bonds. The van der Waals surface area contributed by atoms with Crippen molar-refractivity contribution < 1.29 is 0 Å². The largest absolute Gasteiger partial charge is 0.327 e. The highest BCUT2D eigenvalue weighted by Crippen LogP contribution is 2.14. The molecular weight excluding hydrogens is 258 g/mol. The number of aryl methyl sites for hydroxylation is 2. The lowest BCUT2D eigenvalue weighted by molar-refractivity contribution is 0.596. The lowest BCUT2D eigenvalue weighted by atomic mass is 10.1. The van der Waals surface area contributed by atoms with E-state index in [1.54, 1.807) is 0 Å². The third-order valence-corrected chi connectivity index (χ3v) is 3.93. The lowest BCUT2D eigenvalue weighted by Gasteiger charge is -2.10. The summed E-state index contributed by atoms with van der Waals surface area (Å²) in [6.07, 6.45) is 0. The molecule has 3 aromatic rings. The van der Waals surface area contributed by atoms with E-state index >= 15 is 0 Å². The highest BCUT2D eigenvalue weighted by molar-refractivity contribution is 5.75. The van der Waals surface area contributed by atoms with Crippen LogP contribution in [0.2, 0.25) is 0 Å². The van der Waals surface area contributed by atoms with Crippen molar-refractivity contribution in [1.29, 1.82) is 0 Å². The van der Waals surface area contributed by atoms with E-state index in [1.807, 2.05) is 6.07 Å². The summed E-state index contributed by atoms with van der Waals surface area (Å²) in [5, 5.41) is 3.52. The van der Waals surface area contributed by atoms with Crippen molar-refractivity contribution in [3.63, 3.8) is 0 Å². The fraction of sp³-hybridized carbons (Fsp3) is 0.278. The Morgan fingerprint density at radius 3 is 2.62 bits per heavy atom. The minimum atomic E-state index is 0.915. The van der Waals surface area contributed by atoms with Gasteiger partial charge in [0, 0.05) is 19.6 Å². The third kappa shape index (κ3) is 2.98. The minimum Gasteiger partial charge on any atom is -0.327 e. The van der Waals surface area contributed by atoms with E-state index in [1.165, 1.54) is 16.6 Å². The quantitative estimate of drug-likeness (QED) is 0.725. The van der Waals surface area contributed by atoms with Gasteiger partial charge in [0.25, 0.3) is 0 Å². The van der Waals surface area contributed by atoms with Crippen LogP contribution in [-0.4, -0.2) is 16.1 Å². The van der Waals surface area contributed by atoms with Crippen molar-refractivity contribution in [3.8, 4) is 0 Å². The van der Waals surface area contributed by atoms with Crippen LogP contribution in [0, 0.1) is 13.8 Å². The maximum Gasteiger partial charge on any atom is 0.106 e. The van der Waals surface area contributed by atoms with E-state index in [0.29, 0.717) is 0 Å². The van der Waals surface area contributed by atoms with Gasteiger partial charge in [-0.15, -0.1) is 0 Å². The highest BCUT2D eigenvalue weighted by atomic mass is 15.1. The van der Waals surface area contributed by atoms with Gasteiger partial charge in [0.2, 0.25) is 0 Å². The molecule has 3 nitrogen and oxygen atoms in total. The molecule has 0 saturated heterocycles. The number of hydrogen-bond acceptors (Lipinski definition) is 2. The van der Waals surface area contributed by atoms with Gasteiger partial charge in [0.1, 0.15) is 5.82 Å². The van der Waals surface area contributed by atoms with Gasteiger partial charge in [-0.1, -0.05) is 36.4 Å². The first kappa shape index (κ1) is 13.8. The molecule has 1 heterocycles. The number of rotatable bonds is 5. The second kappa shape index (κ2) is 6.10. The van der Waals surface area contributed by atoms with E-state index in [9.17, 15) is 0 Å². The van der Waals surface area contributed by atoms with E-state index in [-0.39, 0.29) is 0 Å². The number of benzene rings is 2. The molecular formula is C18H21N3. The average Bonchev–Trinajstić information content (AvgIpc) is 2.81. The van der Waals surface area contributed by atoms with Crippen molar-refractivity contribution in [3.05, 3.63) is 65.5 Å². The monoisotopic (exact) mass is 279 g/mol. The van der Waals surface area contributed by atoms with Gasteiger partial charge in [-0.25, -0.2) is 4.98 Å². The minimum absolute atomic E-state index is 0.915. The number of hydrogen-bond donors (Lipinski definition) is 1. The molecule has 2 aromatic carbocycles. The van der Waals surface area contributed by atoms with Gasteiger partial charge in [0.05, 0.1) is 11.0 Å². The van der Waals surface area contributed by atoms with E-state index in [4.69, 9.17) is 0 Å². The normalized spacial score (nSPS) is 11.1. The van der Waals surface area contributed by atoms with Crippen LogP contribution in [-0.2, 0) is 13.1 Å². The van der Waals surface area contributed by atoms with Crippen LogP contribution in [0.3, 0.4) is 0 Å². The second-order valence-corrected chi connectivity index (χ2v) is 5.40. The van der Waals surface area contributed by atoms with Gasteiger partial charge in [-0.2, -0.15) is 0 Å². The molecule has 3 rings (SSSR count). The van der Waals surface area contributed by atoms with Crippen LogP contribution in [0.4, 0.5) is 0 Å². The van der Waals surface area contributed by atoms with Crippen LogP contribution in [0.5, 0.6) is 0 Å². The standard InChI is InChI=1S/C18H21N3/c1-14-7-3-4-8-16(14)13-19-11-12-21-15(2)20-17-9-5-6-10-18(17)21/h3-10,19H,11-13H2,1-2H3. The summed E-state index contributed by atoms with van der Waals surface area (Å²) >= 11 is 0. The average molecular weight is 279 g/mol. The number of para-hydroxylation sites is 2. The molecule has 0 atom stereocenters. The van der Waals surface area contributed by atoms with Crippen LogP contribution in [0.1, 0.15) is 17.0 Å². The Labute approximate surface area is 125 Å². The number of nitrogens with one attached hydrogen (secondary N) is 1. The molecule has 0 bridgehead atoms. The molecule has 1 N–H and O–H groups in total. The summed E-state index contributed by atoms with van der Waals surface area (Å²) in [6, 6.07) is 16.8. The first-order valence-corrected chi connectivity index (χ1v) is 7.43. The highest BCUT2D eigenvalue weighted by Gasteiger charge is 2.05. The molecule has 0 unspecified atom stereocenters. The summed E-state index contributed by atoms with van der Waals surface area (Å²) in [5.74, 6) is 1.08. The van der Waals surface area contributed by atoms with Crippen molar-refractivity contribution in [1.82, 2.24) is 14.9 Å². The first-order chi connectivity index (χ1) is 10.3. The Morgan fingerprint density at radius 1 is 1.00 bits per heavy atom. The van der Waals surface area contributed by atoms with Crippen molar-refractivity contribution in [2.24, 2.45) is 0 Å². The predicted molar refractivity (Wildman–Crippen MR) is 87.4 cm³/mol. The first-order valence-electron chi connectivity index (χ1n) is 7.43. The Bertz CT molecular complexity index is 743. The molecule has 1 aromatic heterocycles. The van der Waals surface area contributed by atoms with Crippen LogP contribution in [0.25, 0.3) is 11.0 Å². The zero-order chi connectivity index (χ0) is 14.7. The maximum absolute atomic E-state index is 4.60. The predicted octanol–water partition coefficient (Wildman–Crippen LogP) is 3.44. The fourth-order valence-electron chi connectivity index (χ4n) is 2.70. The van der Waals surface area contributed by atoms with Gasteiger partial charge >= 0.3 is 0 Å².